The van der Waals surface area contributed by atoms with E-state index in [0.717, 1.165) is 51.0 Å². The van der Waals surface area contributed by atoms with Crippen LogP contribution in [-0.2, 0) is 11.3 Å². The molecule has 0 radical (unpaired) electrons. The van der Waals surface area contributed by atoms with Crippen molar-refractivity contribution in [2.45, 2.75) is 56.3 Å². The van der Waals surface area contributed by atoms with Crippen molar-refractivity contribution in [1.82, 2.24) is 9.80 Å². The molecule has 0 saturated carbocycles. The molecule has 1 aromatic rings. The SMILES string of the molecule is Fc1cc(CN2CCC3(CC2)CC(CN2CCC(F)(F)CC2)O3)ccc1Cl. The lowest BCUT2D eigenvalue weighted by Crippen LogP contribution is -2.59. The molecule has 1 spiro atoms. The number of hydrogen-bond donors (Lipinski definition) is 0. The predicted molar refractivity (Wildman–Crippen MR) is 98.8 cm³/mol. The number of ether oxygens (including phenoxy) is 1. The lowest BCUT2D eigenvalue weighted by Gasteiger charge is -2.53. The number of benzene rings is 1. The highest BCUT2D eigenvalue weighted by Crippen LogP contribution is 2.42. The predicted octanol–water partition coefficient (Wildman–Crippen LogP) is 4.33. The molecule has 3 heterocycles. The van der Waals surface area contributed by atoms with Gasteiger partial charge in [0.15, 0.2) is 0 Å². The third-order valence-electron chi connectivity index (χ3n) is 6.22. The van der Waals surface area contributed by atoms with E-state index in [1.165, 1.54) is 6.07 Å². The van der Waals surface area contributed by atoms with Crippen molar-refractivity contribution in [3.05, 3.63) is 34.6 Å². The smallest absolute Gasteiger partial charge is 0.250 e. The molecule has 7 heteroatoms. The summed E-state index contributed by atoms with van der Waals surface area (Å²) in [5.74, 6) is -2.86. The zero-order chi connectivity index (χ0) is 19.1. The lowest BCUT2D eigenvalue weighted by atomic mass is 9.80. The van der Waals surface area contributed by atoms with E-state index < -0.39 is 5.92 Å². The molecule has 1 atom stereocenters. The van der Waals surface area contributed by atoms with E-state index in [0.29, 0.717) is 13.1 Å². The number of alkyl halides is 2. The summed E-state index contributed by atoms with van der Waals surface area (Å²) in [7, 11) is 0. The van der Waals surface area contributed by atoms with Crippen LogP contribution in [0.15, 0.2) is 18.2 Å². The quantitative estimate of drug-likeness (QED) is 0.745. The number of rotatable bonds is 4. The monoisotopic (exact) mass is 402 g/mol. The van der Waals surface area contributed by atoms with Crippen LogP contribution in [0.4, 0.5) is 13.2 Å². The van der Waals surface area contributed by atoms with Crippen LogP contribution in [0.1, 0.15) is 37.7 Å². The molecular formula is C20H26ClF3N2O. The minimum Gasteiger partial charge on any atom is -0.370 e. The van der Waals surface area contributed by atoms with E-state index in [2.05, 4.69) is 9.80 Å². The highest BCUT2D eigenvalue weighted by atomic mass is 35.5. The molecule has 3 aliphatic heterocycles. The minimum atomic E-state index is -2.49. The van der Waals surface area contributed by atoms with Gasteiger partial charge >= 0.3 is 0 Å². The van der Waals surface area contributed by atoms with Crippen molar-refractivity contribution in [2.24, 2.45) is 0 Å². The van der Waals surface area contributed by atoms with Crippen LogP contribution in [0.5, 0.6) is 0 Å². The molecule has 3 aliphatic rings. The third-order valence-corrected chi connectivity index (χ3v) is 6.53. The normalized spacial score (nSPS) is 28.2. The van der Waals surface area contributed by atoms with E-state index in [1.54, 1.807) is 6.07 Å². The van der Waals surface area contributed by atoms with E-state index >= 15 is 0 Å². The van der Waals surface area contributed by atoms with Crippen molar-refractivity contribution >= 4 is 11.6 Å². The Balaban J connectivity index is 1.19. The fourth-order valence-electron chi connectivity index (χ4n) is 4.55. The summed E-state index contributed by atoms with van der Waals surface area (Å²) in [5, 5.41) is 0.155. The molecule has 0 aromatic heterocycles. The number of hydrogen-bond acceptors (Lipinski definition) is 3. The van der Waals surface area contributed by atoms with Crippen LogP contribution in [0, 0.1) is 5.82 Å². The summed E-state index contributed by atoms with van der Waals surface area (Å²) in [6.45, 7) is 4.26. The van der Waals surface area contributed by atoms with Gasteiger partial charge in [0, 0.05) is 58.5 Å². The summed E-state index contributed by atoms with van der Waals surface area (Å²) >= 11 is 5.74. The maximum Gasteiger partial charge on any atom is 0.250 e. The Hall–Kier alpha value is -0.820. The maximum absolute atomic E-state index is 13.6. The molecule has 150 valence electrons. The summed E-state index contributed by atoms with van der Waals surface area (Å²) in [6, 6.07) is 4.98. The molecule has 0 amide bonds. The Morgan fingerprint density at radius 1 is 1.04 bits per heavy atom. The first kappa shape index (κ1) is 19.5. The van der Waals surface area contributed by atoms with Gasteiger partial charge in [-0.15, -0.1) is 0 Å². The number of likely N-dealkylation sites (tertiary alicyclic amines) is 2. The second kappa shape index (κ2) is 7.54. The zero-order valence-electron chi connectivity index (χ0n) is 15.4. The van der Waals surface area contributed by atoms with Gasteiger partial charge in [-0.2, -0.15) is 0 Å². The van der Waals surface area contributed by atoms with Gasteiger partial charge in [-0.05, 0) is 30.5 Å². The van der Waals surface area contributed by atoms with Crippen LogP contribution >= 0.6 is 11.6 Å². The summed E-state index contributed by atoms with van der Waals surface area (Å²) in [4.78, 5) is 4.43. The van der Waals surface area contributed by atoms with E-state index in [-0.39, 0.29) is 35.4 Å². The van der Waals surface area contributed by atoms with Crippen molar-refractivity contribution < 1.29 is 17.9 Å². The molecule has 1 unspecified atom stereocenters. The van der Waals surface area contributed by atoms with Gasteiger partial charge in [-0.1, -0.05) is 17.7 Å². The van der Waals surface area contributed by atoms with Crippen LogP contribution < -0.4 is 0 Å². The van der Waals surface area contributed by atoms with Gasteiger partial charge in [-0.3, -0.25) is 4.90 Å². The third kappa shape index (κ3) is 4.61. The van der Waals surface area contributed by atoms with Gasteiger partial charge in [-0.25, -0.2) is 13.2 Å². The summed E-state index contributed by atoms with van der Waals surface area (Å²) in [5.41, 5.74) is 0.897. The Kier molecular flexibility index (Phi) is 5.45. The molecule has 3 nitrogen and oxygen atoms in total. The van der Waals surface area contributed by atoms with Gasteiger partial charge in [0.2, 0.25) is 0 Å². The lowest BCUT2D eigenvalue weighted by molar-refractivity contribution is -0.232. The molecule has 3 fully saturated rings. The average Bonchev–Trinajstić information content (AvgIpc) is 2.60. The van der Waals surface area contributed by atoms with Crippen LogP contribution in [0.25, 0.3) is 0 Å². The Morgan fingerprint density at radius 2 is 1.67 bits per heavy atom. The van der Waals surface area contributed by atoms with Gasteiger partial charge in [0.05, 0.1) is 16.7 Å². The van der Waals surface area contributed by atoms with Crippen LogP contribution in [0.3, 0.4) is 0 Å². The van der Waals surface area contributed by atoms with Gasteiger partial charge in [0.25, 0.3) is 5.92 Å². The van der Waals surface area contributed by atoms with E-state index in [1.807, 2.05) is 6.07 Å². The van der Waals surface area contributed by atoms with Gasteiger partial charge in [0.1, 0.15) is 5.82 Å². The Bertz CT molecular complexity index is 661. The molecule has 1 aromatic carbocycles. The zero-order valence-corrected chi connectivity index (χ0v) is 16.2. The molecule has 0 aliphatic carbocycles. The molecule has 27 heavy (non-hydrogen) atoms. The number of halogens is 4. The first-order chi connectivity index (χ1) is 12.8. The summed E-state index contributed by atoms with van der Waals surface area (Å²) in [6.07, 6.45) is 3.06. The minimum absolute atomic E-state index is 0.0356. The number of nitrogens with zero attached hydrogens (tertiary/aromatic N) is 2. The number of piperidine rings is 2. The van der Waals surface area contributed by atoms with Crippen molar-refractivity contribution in [2.75, 3.05) is 32.7 Å². The van der Waals surface area contributed by atoms with E-state index in [4.69, 9.17) is 16.3 Å². The first-order valence-electron chi connectivity index (χ1n) is 9.77. The van der Waals surface area contributed by atoms with Crippen molar-refractivity contribution in [1.29, 1.82) is 0 Å². The molecule has 0 N–H and O–H groups in total. The van der Waals surface area contributed by atoms with Gasteiger partial charge < -0.3 is 9.64 Å². The van der Waals surface area contributed by atoms with E-state index in [9.17, 15) is 13.2 Å². The van der Waals surface area contributed by atoms with Crippen LogP contribution in [-0.4, -0.2) is 60.2 Å². The second-order valence-corrected chi connectivity index (χ2v) is 8.72. The molecular weight excluding hydrogens is 377 g/mol. The highest BCUT2D eigenvalue weighted by molar-refractivity contribution is 6.30. The largest absolute Gasteiger partial charge is 0.370 e. The standard InChI is InChI=1S/C20H26ClF3N2O/c21-17-2-1-15(11-18(17)22)13-25-7-3-19(4-8-25)12-16(27-19)14-26-9-5-20(23,24)6-10-26/h1-2,11,16H,3-10,12-14H2. The second-order valence-electron chi connectivity index (χ2n) is 8.31. The molecule has 0 bridgehead atoms. The molecule has 3 saturated heterocycles. The average molecular weight is 403 g/mol. The highest BCUT2D eigenvalue weighted by Gasteiger charge is 2.48. The van der Waals surface area contributed by atoms with Crippen molar-refractivity contribution in [3.8, 4) is 0 Å². The van der Waals surface area contributed by atoms with Crippen molar-refractivity contribution in [3.63, 3.8) is 0 Å². The maximum atomic E-state index is 13.6. The summed E-state index contributed by atoms with van der Waals surface area (Å²) < 4.78 is 46.3. The fraction of sp³-hybridized carbons (Fsp3) is 0.700. The molecule has 4 rings (SSSR count). The van der Waals surface area contributed by atoms with Crippen LogP contribution in [0.2, 0.25) is 5.02 Å². The first-order valence-corrected chi connectivity index (χ1v) is 10.1. The topological polar surface area (TPSA) is 15.7 Å². The fourth-order valence-corrected chi connectivity index (χ4v) is 4.67. The Morgan fingerprint density at radius 3 is 2.30 bits per heavy atom. The Labute approximate surface area is 163 Å².